The van der Waals surface area contributed by atoms with Gasteiger partial charge in [0.2, 0.25) is 5.91 Å². The van der Waals surface area contributed by atoms with Gasteiger partial charge in [0.05, 0.1) is 5.03 Å². The van der Waals surface area contributed by atoms with E-state index in [1.54, 1.807) is 24.0 Å². The Balaban J connectivity index is 1.82. The highest BCUT2D eigenvalue weighted by molar-refractivity contribution is 9.10. The molecule has 110 valence electrons. The van der Waals surface area contributed by atoms with E-state index in [2.05, 4.69) is 26.2 Å². The first kappa shape index (κ1) is 15.9. The Hall–Kier alpha value is -1.53. The molecule has 1 aromatic heterocycles. The van der Waals surface area contributed by atoms with Crippen molar-refractivity contribution in [2.75, 3.05) is 16.8 Å². The molecule has 2 rings (SSSR count). The van der Waals surface area contributed by atoms with Crippen LogP contribution in [0.15, 0.2) is 46.0 Å². The van der Waals surface area contributed by atoms with Crippen LogP contribution < -0.4 is 11.1 Å². The van der Waals surface area contributed by atoms with Gasteiger partial charge in [-0.2, -0.15) is 0 Å². The fourth-order valence-corrected chi connectivity index (χ4v) is 2.71. The van der Waals surface area contributed by atoms with Gasteiger partial charge in [-0.1, -0.05) is 6.07 Å². The number of carbonyl (C=O) groups excluding carboxylic acids is 1. The lowest BCUT2D eigenvalue weighted by Gasteiger charge is -2.09. The first-order chi connectivity index (χ1) is 10.0. The minimum absolute atomic E-state index is 0.0201. The standard InChI is InChI=1S/C15H16BrN3OS/c1-10-2-4-12(17)8-13(10)19-14(20)6-7-21-15-5-3-11(16)9-18-15/h2-5,8-9H,6-7,17H2,1H3,(H,19,20). The maximum Gasteiger partial charge on any atom is 0.225 e. The van der Waals surface area contributed by atoms with Crippen LogP contribution in [0.5, 0.6) is 0 Å². The van der Waals surface area contributed by atoms with Gasteiger partial charge in [0.25, 0.3) is 0 Å². The lowest BCUT2D eigenvalue weighted by Crippen LogP contribution is -2.13. The number of hydrogen-bond acceptors (Lipinski definition) is 4. The number of amides is 1. The maximum absolute atomic E-state index is 11.9. The van der Waals surface area contributed by atoms with Crippen LogP contribution in [0.2, 0.25) is 0 Å². The Morgan fingerprint density at radius 1 is 1.38 bits per heavy atom. The second-order valence-corrected chi connectivity index (χ2v) is 6.57. The zero-order valence-corrected chi connectivity index (χ0v) is 14.0. The Morgan fingerprint density at radius 2 is 2.19 bits per heavy atom. The zero-order chi connectivity index (χ0) is 15.2. The van der Waals surface area contributed by atoms with Crippen molar-refractivity contribution in [1.82, 2.24) is 4.98 Å². The average molecular weight is 366 g/mol. The molecule has 1 heterocycles. The number of pyridine rings is 1. The van der Waals surface area contributed by atoms with Crippen molar-refractivity contribution in [1.29, 1.82) is 0 Å². The summed E-state index contributed by atoms with van der Waals surface area (Å²) < 4.78 is 0.946. The van der Waals surface area contributed by atoms with Crippen molar-refractivity contribution in [3.63, 3.8) is 0 Å². The number of nitrogens with zero attached hydrogens (tertiary/aromatic N) is 1. The molecule has 0 atom stereocenters. The number of hydrogen-bond donors (Lipinski definition) is 2. The molecule has 0 bridgehead atoms. The van der Waals surface area contributed by atoms with Gasteiger partial charge < -0.3 is 11.1 Å². The molecular weight excluding hydrogens is 350 g/mol. The summed E-state index contributed by atoms with van der Waals surface area (Å²) in [5.41, 5.74) is 8.14. The van der Waals surface area contributed by atoms with E-state index in [1.165, 1.54) is 0 Å². The molecule has 0 aliphatic heterocycles. The summed E-state index contributed by atoms with van der Waals surface area (Å²) in [7, 11) is 0. The number of nitrogen functional groups attached to an aromatic ring is 1. The third-order valence-corrected chi connectivity index (χ3v) is 4.23. The number of aryl methyl sites for hydroxylation is 1. The molecule has 0 unspecified atom stereocenters. The highest BCUT2D eigenvalue weighted by Gasteiger charge is 2.06. The van der Waals surface area contributed by atoms with E-state index in [9.17, 15) is 4.79 Å². The second-order valence-electron chi connectivity index (χ2n) is 4.54. The minimum atomic E-state index is -0.0201. The Kier molecular flexibility index (Phi) is 5.64. The van der Waals surface area contributed by atoms with Crippen molar-refractivity contribution >= 4 is 45.0 Å². The molecule has 0 aliphatic carbocycles. The normalized spacial score (nSPS) is 10.4. The quantitative estimate of drug-likeness (QED) is 0.623. The van der Waals surface area contributed by atoms with Crippen LogP contribution in [0.3, 0.4) is 0 Å². The van der Waals surface area contributed by atoms with Crippen LogP contribution >= 0.6 is 27.7 Å². The van der Waals surface area contributed by atoms with Gasteiger partial charge in [-0.05, 0) is 52.7 Å². The molecule has 0 aliphatic rings. The lowest BCUT2D eigenvalue weighted by atomic mass is 10.2. The monoisotopic (exact) mass is 365 g/mol. The van der Waals surface area contributed by atoms with E-state index in [-0.39, 0.29) is 5.91 Å². The second kappa shape index (κ2) is 7.47. The first-order valence-electron chi connectivity index (χ1n) is 6.45. The van der Waals surface area contributed by atoms with Crippen molar-refractivity contribution < 1.29 is 4.79 Å². The van der Waals surface area contributed by atoms with Crippen LogP contribution in [0.4, 0.5) is 11.4 Å². The molecule has 0 radical (unpaired) electrons. The predicted molar refractivity (Wildman–Crippen MR) is 91.5 cm³/mol. The van der Waals surface area contributed by atoms with Gasteiger partial charge >= 0.3 is 0 Å². The lowest BCUT2D eigenvalue weighted by molar-refractivity contribution is -0.115. The third-order valence-electron chi connectivity index (χ3n) is 2.82. The van der Waals surface area contributed by atoms with E-state index < -0.39 is 0 Å². The van der Waals surface area contributed by atoms with Crippen molar-refractivity contribution in [3.05, 3.63) is 46.6 Å². The summed E-state index contributed by atoms with van der Waals surface area (Å²) in [5.74, 6) is 0.662. The molecule has 0 saturated carbocycles. The fraction of sp³-hybridized carbons (Fsp3) is 0.200. The number of nitrogens with one attached hydrogen (secondary N) is 1. The number of thioether (sulfide) groups is 1. The molecule has 0 saturated heterocycles. The molecule has 3 N–H and O–H groups in total. The number of rotatable bonds is 5. The maximum atomic E-state index is 11.9. The summed E-state index contributed by atoms with van der Waals surface area (Å²) in [6, 6.07) is 9.35. The average Bonchev–Trinajstić information content (AvgIpc) is 2.45. The van der Waals surface area contributed by atoms with E-state index in [1.807, 2.05) is 31.2 Å². The summed E-state index contributed by atoms with van der Waals surface area (Å²) in [6.45, 7) is 1.94. The molecular formula is C15H16BrN3OS. The molecule has 6 heteroatoms. The minimum Gasteiger partial charge on any atom is -0.399 e. The highest BCUT2D eigenvalue weighted by atomic mass is 79.9. The van der Waals surface area contributed by atoms with E-state index in [4.69, 9.17) is 5.73 Å². The largest absolute Gasteiger partial charge is 0.399 e. The fourth-order valence-electron chi connectivity index (χ4n) is 1.68. The summed E-state index contributed by atoms with van der Waals surface area (Å²) in [4.78, 5) is 16.2. The number of aromatic nitrogens is 1. The third kappa shape index (κ3) is 5.06. The van der Waals surface area contributed by atoms with Gasteiger partial charge in [-0.25, -0.2) is 4.98 Å². The number of benzene rings is 1. The van der Waals surface area contributed by atoms with Crippen molar-refractivity contribution in [2.24, 2.45) is 0 Å². The summed E-state index contributed by atoms with van der Waals surface area (Å²) in [5, 5.41) is 3.79. The van der Waals surface area contributed by atoms with Crippen molar-refractivity contribution in [3.8, 4) is 0 Å². The molecule has 0 fully saturated rings. The summed E-state index contributed by atoms with van der Waals surface area (Å²) >= 11 is 4.90. The van der Waals surface area contributed by atoms with Crippen LogP contribution in [0.25, 0.3) is 0 Å². The van der Waals surface area contributed by atoms with Gasteiger partial charge in [0, 0.05) is 34.2 Å². The molecule has 1 aromatic carbocycles. The van der Waals surface area contributed by atoms with Gasteiger partial charge in [0.15, 0.2) is 0 Å². The predicted octanol–water partition coefficient (Wildman–Crippen LogP) is 3.86. The first-order valence-corrected chi connectivity index (χ1v) is 8.23. The zero-order valence-electron chi connectivity index (χ0n) is 11.6. The van der Waals surface area contributed by atoms with Crippen LogP contribution in [-0.2, 0) is 4.79 Å². The highest BCUT2D eigenvalue weighted by Crippen LogP contribution is 2.20. The number of carbonyl (C=O) groups is 1. The van der Waals surface area contributed by atoms with Crippen LogP contribution in [-0.4, -0.2) is 16.6 Å². The molecule has 21 heavy (non-hydrogen) atoms. The molecule has 2 aromatic rings. The Morgan fingerprint density at radius 3 is 2.90 bits per heavy atom. The number of halogens is 1. The van der Waals surface area contributed by atoms with Gasteiger partial charge in [0.1, 0.15) is 0 Å². The molecule has 0 spiro atoms. The molecule has 4 nitrogen and oxygen atoms in total. The van der Waals surface area contributed by atoms with Crippen LogP contribution in [0.1, 0.15) is 12.0 Å². The Labute approximate surface area is 136 Å². The smallest absolute Gasteiger partial charge is 0.225 e. The van der Waals surface area contributed by atoms with Crippen molar-refractivity contribution in [2.45, 2.75) is 18.4 Å². The van der Waals surface area contributed by atoms with Crippen LogP contribution in [0, 0.1) is 6.92 Å². The Bertz CT molecular complexity index is 631. The van der Waals surface area contributed by atoms with E-state index in [0.717, 1.165) is 20.7 Å². The molecule has 1 amide bonds. The van der Waals surface area contributed by atoms with Gasteiger partial charge in [-0.15, -0.1) is 11.8 Å². The van der Waals surface area contributed by atoms with Gasteiger partial charge in [-0.3, -0.25) is 4.79 Å². The topological polar surface area (TPSA) is 68.0 Å². The number of nitrogens with two attached hydrogens (primary N) is 1. The van der Waals surface area contributed by atoms with E-state index in [0.29, 0.717) is 17.9 Å². The SMILES string of the molecule is Cc1ccc(N)cc1NC(=O)CCSc1ccc(Br)cn1. The summed E-state index contributed by atoms with van der Waals surface area (Å²) in [6.07, 6.45) is 2.18. The number of anilines is 2. The van der Waals surface area contributed by atoms with E-state index >= 15 is 0 Å².